The van der Waals surface area contributed by atoms with Gasteiger partial charge in [0.25, 0.3) is 0 Å². The number of pyridine rings is 1. The zero-order valence-electron chi connectivity index (χ0n) is 5.76. The molecule has 1 heterocycles. The molecule has 0 unspecified atom stereocenters. The average molecular weight is 211 g/mol. The van der Waals surface area contributed by atoms with Gasteiger partial charge in [-0.25, -0.2) is 0 Å². The summed E-state index contributed by atoms with van der Waals surface area (Å²) < 4.78 is 0. The molecule has 1 aromatic heterocycles. The van der Waals surface area contributed by atoms with Crippen LogP contribution in [0.2, 0.25) is 0 Å². The van der Waals surface area contributed by atoms with Crippen molar-refractivity contribution < 1.29 is 32.7 Å². The summed E-state index contributed by atoms with van der Waals surface area (Å²) in [5.41, 5.74) is 11.5. The summed E-state index contributed by atoms with van der Waals surface area (Å²) in [5.74, 6) is 0.869. The van der Waals surface area contributed by atoms with E-state index >= 15 is 0 Å². The van der Waals surface area contributed by atoms with E-state index in [1.54, 1.807) is 6.07 Å². The van der Waals surface area contributed by atoms with Crippen molar-refractivity contribution in [3.63, 3.8) is 0 Å². The topological polar surface area (TPSA) is 64.9 Å². The number of rotatable bonds is 0. The van der Waals surface area contributed by atoms with Crippen molar-refractivity contribution in [2.75, 3.05) is 11.5 Å². The van der Waals surface area contributed by atoms with Crippen LogP contribution in [0.25, 0.3) is 0 Å². The molecule has 0 aromatic carbocycles. The number of anilines is 2. The average Bonchev–Trinajstić information content (AvgIpc) is 1.80. The Balaban J connectivity index is 0.000000810. The van der Waals surface area contributed by atoms with Crippen molar-refractivity contribution in [1.82, 2.24) is 4.98 Å². The Morgan fingerprint density at radius 2 is 2.10 bits per heavy atom. The fourth-order valence-electron chi connectivity index (χ4n) is 0.511. The minimum absolute atomic E-state index is 0. The molecule has 3 nitrogen and oxygen atoms in total. The van der Waals surface area contributed by atoms with Gasteiger partial charge in [0.1, 0.15) is 0 Å². The third-order valence-corrected chi connectivity index (χ3v) is 1.07. The van der Waals surface area contributed by atoms with Gasteiger partial charge in [0.05, 0.1) is 0 Å². The molecule has 1 rings (SSSR count). The maximum absolute atomic E-state index is 5.40. The summed E-state index contributed by atoms with van der Waals surface area (Å²) in [6.45, 7) is 1.84. The summed E-state index contributed by atoms with van der Waals surface area (Å²) >= 11 is 0. The molecule has 0 saturated carbocycles. The van der Waals surface area contributed by atoms with Crippen molar-refractivity contribution in [3.05, 3.63) is 17.7 Å². The van der Waals surface area contributed by atoms with Crippen LogP contribution in [0.3, 0.4) is 0 Å². The second kappa shape index (κ2) is 3.89. The largest absolute Gasteiger partial charge is 0.435 e. The van der Waals surface area contributed by atoms with Crippen LogP contribution in [0.5, 0.6) is 0 Å². The molecule has 0 bridgehead atoms. The molecule has 4 N–H and O–H groups in total. The number of hydrogen-bond donors (Lipinski definition) is 2. The third-order valence-electron chi connectivity index (χ3n) is 1.07. The number of nitrogens with two attached hydrogens (primary N) is 2. The van der Waals surface area contributed by atoms with Crippen LogP contribution in [0.15, 0.2) is 6.07 Å². The predicted molar refractivity (Wildman–Crippen MR) is 36.6 cm³/mol. The van der Waals surface area contributed by atoms with E-state index in [9.17, 15) is 0 Å². The maximum atomic E-state index is 5.40. The van der Waals surface area contributed by atoms with Gasteiger partial charge in [0.2, 0.25) is 0 Å². The summed E-state index contributed by atoms with van der Waals surface area (Å²) in [4.78, 5) is 3.80. The minimum atomic E-state index is 0. The Morgan fingerprint density at radius 1 is 1.50 bits per heavy atom. The van der Waals surface area contributed by atoms with Crippen LogP contribution in [0, 0.1) is 13.0 Å². The molecule has 0 amide bonds. The van der Waals surface area contributed by atoms with E-state index < -0.39 is 0 Å². The number of nitrogen functional groups attached to an aromatic ring is 2. The van der Waals surface area contributed by atoms with Crippen molar-refractivity contribution >= 4 is 11.6 Å². The molecule has 0 fully saturated rings. The van der Waals surface area contributed by atoms with Gasteiger partial charge >= 0.3 is 0 Å². The first-order valence-corrected chi connectivity index (χ1v) is 2.60. The quantitative estimate of drug-likeness (QED) is 0.608. The third kappa shape index (κ3) is 2.23. The molecule has 1 radical (unpaired) electrons. The Bertz CT molecular complexity index is 224. The van der Waals surface area contributed by atoms with Gasteiger partial charge < -0.3 is 16.5 Å². The molecular weight excluding hydrogens is 203 g/mol. The minimum Gasteiger partial charge on any atom is -0.435 e. The fourth-order valence-corrected chi connectivity index (χ4v) is 0.511. The van der Waals surface area contributed by atoms with E-state index in [-0.39, 0.29) is 32.7 Å². The fraction of sp³-hybridized carbons (Fsp3) is 0.167. The zero-order valence-corrected chi connectivity index (χ0v) is 8.59. The van der Waals surface area contributed by atoms with Gasteiger partial charge in [-0.2, -0.15) is 6.07 Å². The molecule has 0 saturated heterocycles. The van der Waals surface area contributed by atoms with Crippen LogP contribution < -0.4 is 11.5 Å². The number of hydrogen-bond acceptors (Lipinski definition) is 3. The monoisotopic (exact) mass is 211 g/mol. The van der Waals surface area contributed by atoms with E-state index in [0.717, 1.165) is 5.56 Å². The van der Waals surface area contributed by atoms with Gasteiger partial charge in [-0.1, -0.05) is 6.92 Å². The van der Waals surface area contributed by atoms with Crippen molar-refractivity contribution in [2.45, 2.75) is 6.92 Å². The van der Waals surface area contributed by atoms with Crippen molar-refractivity contribution in [2.24, 2.45) is 0 Å². The Kier molecular flexibility index (Phi) is 3.83. The molecule has 0 spiro atoms. The molecular formula is C6H8N3Y-. The molecule has 0 aliphatic carbocycles. The van der Waals surface area contributed by atoms with Crippen LogP contribution >= 0.6 is 0 Å². The Hall–Kier alpha value is -0.146. The van der Waals surface area contributed by atoms with E-state index in [4.69, 9.17) is 11.5 Å². The molecule has 0 aliphatic rings. The summed E-state index contributed by atoms with van der Waals surface area (Å²) in [7, 11) is 0. The number of aromatic nitrogens is 1. The van der Waals surface area contributed by atoms with Gasteiger partial charge in [0, 0.05) is 44.3 Å². The Morgan fingerprint density at radius 3 is 2.50 bits per heavy atom. The molecule has 4 heteroatoms. The molecule has 51 valence electrons. The molecule has 0 atom stereocenters. The van der Waals surface area contributed by atoms with Crippen molar-refractivity contribution in [3.8, 4) is 0 Å². The second-order valence-corrected chi connectivity index (χ2v) is 1.84. The normalized spacial score (nSPS) is 8.50. The van der Waals surface area contributed by atoms with Gasteiger partial charge in [-0.15, -0.1) is 11.6 Å². The number of nitrogens with zero attached hydrogens (tertiary/aromatic N) is 1. The summed E-state index contributed by atoms with van der Waals surface area (Å²) in [5, 5.41) is 0. The van der Waals surface area contributed by atoms with Crippen LogP contribution in [0.1, 0.15) is 5.56 Å². The van der Waals surface area contributed by atoms with Gasteiger partial charge in [-0.05, 0) is 0 Å². The first kappa shape index (κ1) is 9.85. The predicted octanol–water partition coefficient (Wildman–Crippen LogP) is 0.352. The first-order valence-electron chi connectivity index (χ1n) is 2.60. The summed E-state index contributed by atoms with van der Waals surface area (Å²) in [6.07, 6.45) is 0. The SMILES string of the molecule is Cc1[c-]cc(N)nc1N.[Y]. The first-order chi connectivity index (χ1) is 4.20. The van der Waals surface area contributed by atoms with E-state index in [2.05, 4.69) is 11.1 Å². The second-order valence-electron chi connectivity index (χ2n) is 1.84. The van der Waals surface area contributed by atoms with Gasteiger partial charge in [0.15, 0.2) is 0 Å². The Labute approximate surface area is 85.1 Å². The molecule has 0 aliphatic heterocycles. The maximum Gasteiger partial charge on any atom is 0.0138 e. The van der Waals surface area contributed by atoms with E-state index in [1.165, 1.54) is 0 Å². The standard InChI is InChI=1S/C6H8N3.Y/c1-4-2-3-5(7)9-6(4)8;/h3H,1H3,(H4,7,8,9);/q-1;. The van der Waals surface area contributed by atoms with Gasteiger partial charge in [-0.3, -0.25) is 0 Å². The smallest absolute Gasteiger partial charge is 0.0138 e. The summed E-state index contributed by atoms with van der Waals surface area (Å²) in [6, 6.07) is 4.46. The van der Waals surface area contributed by atoms with Crippen molar-refractivity contribution in [1.29, 1.82) is 0 Å². The molecule has 10 heavy (non-hydrogen) atoms. The zero-order chi connectivity index (χ0) is 6.85. The van der Waals surface area contributed by atoms with E-state index in [1.807, 2.05) is 6.92 Å². The van der Waals surface area contributed by atoms with E-state index in [0.29, 0.717) is 11.6 Å². The van der Waals surface area contributed by atoms with Crippen LogP contribution in [-0.4, -0.2) is 4.98 Å². The van der Waals surface area contributed by atoms with Crippen LogP contribution in [0.4, 0.5) is 11.6 Å². The van der Waals surface area contributed by atoms with Crippen LogP contribution in [-0.2, 0) is 32.7 Å². The molecule has 1 aromatic rings. The number of aryl methyl sites for hydroxylation is 1.